The number of aliphatic hydroxyl groups is 1. The smallest absolute Gasteiger partial charge is 0.0761 e. The van der Waals surface area contributed by atoms with Gasteiger partial charge >= 0.3 is 0 Å². The zero-order chi connectivity index (χ0) is 10.8. The predicted octanol–water partition coefficient (Wildman–Crippen LogP) is 1.53. The van der Waals surface area contributed by atoms with Crippen LogP contribution in [0.4, 0.5) is 0 Å². The molecule has 1 aliphatic rings. The molecule has 1 rings (SSSR count). The molecule has 0 unspecified atom stereocenters. The van der Waals surface area contributed by atoms with Gasteiger partial charge in [-0.15, -0.1) is 0 Å². The lowest BCUT2D eigenvalue weighted by Crippen LogP contribution is -2.52. The number of nitrogens with zero attached hydrogens (tertiary/aromatic N) is 4. The number of azide groups is 1. The molecule has 14 heavy (non-hydrogen) atoms. The first-order chi connectivity index (χ1) is 6.45. The lowest BCUT2D eigenvalue weighted by Gasteiger charge is -2.42. The third kappa shape index (κ3) is 2.61. The largest absolute Gasteiger partial charge is 0.393 e. The number of aliphatic hydroxyl groups excluding tert-OH is 1. The van der Waals surface area contributed by atoms with Crippen LogP contribution in [0.3, 0.4) is 0 Å². The molecule has 0 radical (unpaired) electrons. The van der Waals surface area contributed by atoms with Crippen molar-refractivity contribution in [3.05, 3.63) is 10.4 Å². The highest BCUT2D eigenvalue weighted by molar-refractivity contribution is 4.90. The maximum Gasteiger partial charge on any atom is 0.0761 e. The van der Waals surface area contributed by atoms with Crippen LogP contribution in [-0.2, 0) is 0 Å². The van der Waals surface area contributed by atoms with Crippen molar-refractivity contribution in [1.29, 1.82) is 0 Å². The van der Waals surface area contributed by atoms with Crippen LogP contribution in [0.25, 0.3) is 10.4 Å². The van der Waals surface area contributed by atoms with Crippen LogP contribution >= 0.6 is 0 Å². The van der Waals surface area contributed by atoms with Crippen molar-refractivity contribution in [1.82, 2.24) is 4.90 Å². The molecular weight excluding hydrogens is 180 g/mol. The standard InChI is InChI=1S/C9H18N4O/c1-9(2,3)13-5-4-8(14)7(6-13)11-12-10/h7-8,14H,4-6H2,1-3H3/t7-,8-/m0/s1. The highest BCUT2D eigenvalue weighted by atomic mass is 16.3. The third-order valence-electron chi connectivity index (χ3n) is 2.70. The van der Waals surface area contributed by atoms with Crippen molar-refractivity contribution in [3.8, 4) is 0 Å². The first-order valence-corrected chi connectivity index (χ1v) is 4.92. The summed E-state index contributed by atoms with van der Waals surface area (Å²) < 4.78 is 0. The van der Waals surface area contributed by atoms with E-state index in [0.717, 1.165) is 6.54 Å². The van der Waals surface area contributed by atoms with Gasteiger partial charge in [0, 0.05) is 23.5 Å². The summed E-state index contributed by atoms with van der Waals surface area (Å²) in [5.41, 5.74) is 8.43. The first kappa shape index (κ1) is 11.3. The van der Waals surface area contributed by atoms with Crippen molar-refractivity contribution in [2.24, 2.45) is 5.11 Å². The van der Waals surface area contributed by atoms with E-state index in [4.69, 9.17) is 5.53 Å². The van der Waals surface area contributed by atoms with Crippen molar-refractivity contribution in [2.75, 3.05) is 13.1 Å². The molecule has 1 fully saturated rings. The molecule has 1 aliphatic heterocycles. The van der Waals surface area contributed by atoms with E-state index >= 15 is 0 Å². The highest BCUT2D eigenvalue weighted by Gasteiger charge is 2.32. The second-order valence-electron chi connectivity index (χ2n) is 4.75. The fourth-order valence-electron chi connectivity index (χ4n) is 1.71. The zero-order valence-electron chi connectivity index (χ0n) is 9.01. The minimum absolute atomic E-state index is 0.0728. The molecule has 1 heterocycles. The number of piperidine rings is 1. The van der Waals surface area contributed by atoms with Gasteiger partial charge in [-0.1, -0.05) is 5.11 Å². The van der Waals surface area contributed by atoms with E-state index in [2.05, 4.69) is 35.7 Å². The van der Waals surface area contributed by atoms with Gasteiger partial charge in [-0.25, -0.2) is 0 Å². The molecule has 0 saturated carbocycles. The van der Waals surface area contributed by atoms with Crippen LogP contribution in [0.2, 0.25) is 0 Å². The Hall–Kier alpha value is -0.770. The lowest BCUT2D eigenvalue weighted by molar-refractivity contribution is 0.0221. The van der Waals surface area contributed by atoms with Gasteiger partial charge in [-0.3, -0.25) is 4.90 Å². The van der Waals surface area contributed by atoms with Gasteiger partial charge < -0.3 is 5.11 Å². The van der Waals surface area contributed by atoms with E-state index in [-0.39, 0.29) is 11.6 Å². The van der Waals surface area contributed by atoms with E-state index in [0.29, 0.717) is 13.0 Å². The maximum absolute atomic E-state index is 9.59. The zero-order valence-corrected chi connectivity index (χ0v) is 9.01. The van der Waals surface area contributed by atoms with Gasteiger partial charge in [0.05, 0.1) is 12.1 Å². The molecule has 5 heteroatoms. The van der Waals surface area contributed by atoms with Gasteiger partial charge in [0.2, 0.25) is 0 Å². The Kier molecular flexibility index (Phi) is 3.37. The van der Waals surface area contributed by atoms with Crippen LogP contribution in [0.1, 0.15) is 27.2 Å². The van der Waals surface area contributed by atoms with E-state index < -0.39 is 6.10 Å². The minimum Gasteiger partial charge on any atom is -0.393 e. The van der Waals surface area contributed by atoms with Crippen molar-refractivity contribution in [3.63, 3.8) is 0 Å². The molecular formula is C9H18N4O. The maximum atomic E-state index is 9.59. The molecule has 5 nitrogen and oxygen atoms in total. The summed E-state index contributed by atoms with van der Waals surface area (Å²) in [5.74, 6) is 0. The molecule has 0 bridgehead atoms. The number of rotatable bonds is 1. The van der Waals surface area contributed by atoms with Gasteiger partial charge in [-0.05, 0) is 32.7 Å². The molecule has 0 aliphatic carbocycles. The van der Waals surface area contributed by atoms with Gasteiger partial charge in [0.25, 0.3) is 0 Å². The van der Waals surface area contributed by atoms with Gasteiger partial charge in [-0.2, -0.15) is 0 Å². The fraction of sp³-hybridized carbons (Fsp3) is 1.00. The number of hydrogen-bond acceptors (Lipinski definition) is 3. The second-order valence-corrected chi connectivity index (χ2v) is 4.75. The lowest BCUT2D eigenvalue weighted by atomic mass is 9.97. The normalized spacial score (nSPS) is 29.7. The Bertz CT molecular complexity index is 242. The van der Waals surface area contributed by atoms with Crippen molar-refractivity contribution < 1.29 is 5.11 Å². The Labute approximate surface area is 84.3 Å². The third-order valence-corrected chi connectivity index (χ3v) is 2.70. The summed E-state index contributed by atoms with van der Waals surface area (Å²) in [6.07, 6.45) is 0.200. The molecule has 1 saturated heterocycles. The fourth-order valence-corrected chi connectivity index (χ4v) is 1.71. The quantitative estimate of drug-likeness (QED) is 0.394. The van der Waals surface area contributed by atoms with Crippen LogP contribution in [-0.4, -0.2) is 40.8 Å². The average Bonchev–Trinajstić information content (AvgIpc) is 2.07. The van der Waals surface area contributed by atoms with Crippen molar-refractivity contribution in [2.45, 2.75) is 44.9 Å². The molecule has 0 aromatic rings. The van der Waals surface area contributed by atoms with Crippen LogP contribution < -0.4 is 0 Å². The molecule has 80 valence electrons. The number of likely N-dealkylation sites (tertiary alicyclic amines) is 1. The summed E-state index contributed by atoms with van der Waals surface area (Å²) in [4.78, 5) is 5.00. The van der Waals surface area contributed by atoms with Gasteiger partial charge in [0.15, 0.2) is 0 Å². The Morgan fingerprint density at radius 2 is 2.14 bits per heavy atom. The van der Waals surface area contributed by atoms with Gasteiger partial charge in [0.1, 0.15) is 0 Å². The molecule has 2 atom stereocenters. The van der Waals surface area contributed by atoms with E-state index in [9.17, 15) is 5.11 Å². The van der Waals surface area contributed by atoms with E-state index in [1.165, 1.54) is 0 Å². The van der Waals surface area contributed by atoms with Crippen molar-refractivity contribution >= 4 is 0 Å². The summed E-state index contributed by atoms with van der Waals surface area (Å²) in [6, 6.07) is -0.298. The van der Waals surface area contributed by atoms with E-state index in [1.54, 1.807) is 0 Å². The Morgan fingerprint density at radius 1 is 1.50 bits per heavy atom. The molecule has 1 N–H and O–H groups in total. The minimum atomic E-state index is -0.482. The summed E-state index contributed by atoms with van der Waals surface area (Å²) in [6.45, 7) is 7.88. The first-order valence-electron chi connectivity index (χ1n) is 4.92. The molecule has 0 amide bonds. The summed E-state index contributed by atoms with van der Waals surface area (Å²) >= 11 is 0. The SMILES string of the molecule is CC(C)(C)N1CC[C@H](O)[C@@H](N=[N+]=[N-])C1. The Balaban J connectivity index is 2.66. The monoisotopic (exact) mass is 198 g/mol. The second kappa shape index (κ2) is 4.17. The average molecular weight is 198 g/mol. The number of hydrogen-bond donors (Lipinski definition) is 1. The highest BCUT2D eigenvalue weighted by Crippen LogP contribution is 2.22. The van der Waals surface area contributed by atoms with Crippen LogP contribution in [0.15, 0.2) is 5.11 Å². The molecule has 0 spiro atoms. The molecule has 0 aromatic heterocycles. The van der Waals surface area contributed by atoms with Crippen LogP contribution in [0, 0.1) is 0 Å². The summed E-state index contributed by atoms with van der Waals surface area (Å²) in [7, 11) is 0. The topological polar surface area (TPSA) is 72.2 Å². The Morgan fingerprint density at radius 3 is 2.64 bits per heavy atom. The van der Waals surface area contributed by atoms with Crippen LogP contribution in [0.5, 0.6) is 0 Å². The molecule has 0 aromatic carbocycles. The predicted molar refractivity (Wildman–Crippen MR) is 54.9 cm³/mol. The summed E-state index contributed by atoms with van der Waals surface area (Å²) in [5, 5.41) is 13.2. The van der Waals surface area contributed by atoms with E-state index in [1.807, 2.05) is 0 Å².